The van der Waals surface area contributed by atoms with Gasteiger partial charge in [-0.15, -0.1) is 0 Å². The summed E-state index contributed by atoms with van der Waals surface area (Å²) in [7, 11) is 0. The predicted octanol–water partition coefficient (Wildman–Crippen LogP) is 7.58. The Bertz CT molecular complexity index is 1580. The normalized spacial score (nSPS) is 19.4. The summed E-state index contributed by atoms with van der Waals surface area (Å²) in [6.45, 7) is 4.53. The summed E-state index contributed by atoms with van der Waals surface area (Å²) < 4.78 is 6.41. The van der Waals surface area contributed by atoms with Crippen molar-refractivity contribution in [3.63, 3.8) is 0 Å². The van der Waals surface area contributed by atoms with Gasteiger partial charge in [0.05, 0.1) is 23.3 Å². The van der Waals surface area contributed by atoms with Gasteiger partial charge in [0.2, 0.25) is 0 Å². The Morgan fingerprint density at radius 3 is 2.30 bits per heavy atom. The molecule has 0 spiro atoms. The number of hydrogen-bond donors (Lipinski definition) is 1. The van der Waals surface area contributed by atoms with Crippen molar-refractivity contribution in [3.8, 4) is 5.75 Å². The van der Waals surface area contributed by atoms with Gasteiger partial charge in [-0.05, 0) is 41.3 Å². The second kappa shape index (κ2) is 10.5. The topological polar surface area (TPSA) is 58.6 Å². The van der Waals surface area contributed by atoms with Crippen molar-refractivity contribution in [2.24, 2.45) is 11.3 Å². The Balaban J connectivity index is 1.56. The molecular formula is C35H32N2O3. The van der Waals surface area contributed by atoms with Gasteiger partial charge in [-0.3, -0.25) is 14.5 Å². The number of anilines is 2. The van der Waals surface area contributed by atoms with Gasteiger partial charge in [-0.25, -0.2) is 0 Å². The SMILES string of the molecule is CC1(C)C=C2Nc3ccccc3N(C(=O)c3ccccc3)[C@H](c3ccccc3OCc3ccccc3)[C@@H]2C(=O)C1. The number of benzene rings is 4. The number of fused-ring (bicyclic) bond motifs is 2. The average Bonchev–Trinajstić information content (AvgIpc) is 3.10. The summed E-state index contributed by atoms with van der Waals surface area (Å²) >= 11 is 0. The zero-order valence-electron chi connectivity index (χ0n) is 22.7. The summed E-state index contributed by atoms with van der Waals surface area (Å²) in [4.78, 5) is 30.3. The first-order valence-electron chi connectivity index (χ1n) is 13.7. The molecule has 1 aliphatic carbocycles. The van der Waals surface area contributed by atoms with Gasteiger partial charge in [0.15, 0.2) is 0 Å². The molecule has 4 aromatic carbocycles. The van der Waals surface area contributed by atoms with Crippen molar-refractivity contribution in [2.45, 2.75) is 32.9 Å². The molecule has 5 heteroatoms. The van der Waals surface area contributed by atoms with Crippen LogP contribution in [-0.2, 0) is 11.4 Å². The van der Waals surface area contributed by atoms with Crippen LogP contribution in [0.15, 0.2) is 121 Å². The molecule has 6 rings (SSSR count). The first kappa shape index (κ1) is 25.6. The monoisotopic (exact) mass is 528 g/mol. The lowest BCUT2D eigenvalue weighted by atomic mass is 9.72. The third kappa shape index (κ3) is 4.91. The first-order chi connectivity index (χ1) is 19.4. The Hall–Kier alpha value is -4.64. The maximum atomic E-state index is 14.4. The van der Waals surface area contributed by atoms with E-state index in [-0.39, 0.29) is 17.1 Å². The number of carbonyl (C=O) groups is 2. The molecule has 0 unspecified atom stereocenters. The van der Waals surface area contributed by atoms with Crippen LogP contribution >= 0.6 is 0 Å². The lowest BCUT2D eigenvalue weighted by molar-refractivity contribution is -0.124. The molecule has 0 aromatic heterocycles. The van der Waals surface area contributed by atoms with E-state index < -0.39 is 12.0 Å². The molecule has 1 amide bonds. The van der Waals surface area contributed by atoms with Crippen LogP contribution in [0.3, 0.4) is 0 Å². The third-order valence-corrected chi connectivity index (χ3v) is 7.61. The highest BCUT2D eigenvalue weighted by Gasteiger charge is 2.47. The molecule has 1 N–H and O–H groups in total. The van der Waals surface area contributed by atoms with Crippen LogP contribution in [0.1, 0.15) is 47.8 Å². The number of para-hydroxylation sites is 3. The van der Waals surface area contributed by atoms with Crippen molar-refractivity contribution in [1.82, 2.24) is 0 Å². The molecule has 5 nitrogen and oxygen atoms in total. The highest BCUT2D eigenvalue weighted by Crippen LogP contribution is 2.50. The van der Waals surface area contributed by atoms with E-state index in [1.54, 1.807) is 4.90 Å². The predicted molar refractivity (Wildman–Crippen MR) is 158 cm³/mol. The first-order valence-corrected chi connectivity index (χ1v) is 13.7. The summed E-state index contributed by atoms with van der Waals surface area (Å²) in [6, 6.07) is 34.2. The van der Waals surface area contributed by atoms with Crippen LogP contribution in [0.2, 0.25) is 0 Å². The second-order valence-electron chi connectivity index (χ2n) is 11.1. The van der Waals surface area contributed by atoms with Crippen LogP contribution in [0.25, 0.3) is 0 Å². The molecule has 4 aromatic rings. The lowest BCUT2D eigenvalue weighted by Crippen LogP contribution is -2.43. The molecular weight excluding hydrogens is 496 g/mol. The van der Waals surface area contributed by atoms with Crippen molar-refractivity contribution in [2.75, 3.05) is 10.2 Å². The van der Waals surface area contributed by atoms with Gasteiger partial charge in [0.25, 0.3) is 5.91 Å². The zero-order valence-corrected chi connectivity index (χ0v) is 22.7. The van der Waals surface area contributed by atoms with Crippen molar-refractivity contribution < 1.29 is 14.3 Å². The molecule has 2 aliphatic rings. The molecule has 0 saturated carbocycles. The van der Waals surface area contributed by atoms with Crippen molar-refractivity contribution in [3.05, 3.63) is 138 Å². The summed E-state index contributed by atoms with van der Waals surface area (Å²) in [6.07, 6.45) is 2.54. The largest absolute Gasteiger partial charge is 0.489 e. The Labute approximate surface area is 235 Å². The molecule has 2 atom stereocenters. The molecule has 0 radical (unpaired) electrons. The summed E-state index contributed by atoms with van der Waals surface area (Å²) in [5.74, 6) is -0.0127. The quantitative estimate of drug-likeness (QED) is 0.290. The van der Waals surface area contributed by atoms with Gasteiger partial charge < -0.3 is 10.1 Å². The molecule has 0 bridgehead atoms. The third-order valence-electron chi connectivity index (χ3n) is 7.61. The maximum Gasteiger partial charge on any atom is 0.258 e. The fourth-order valence-corrected chi connectivity index (χ4v) is 5.86. The van der Waals surface area contributed by atoms with Gasteiger partial charge in [0, 0.05) is 23.2 Å². The minimum atomic E-state index is -0.620. The molecule has 0 saturated heterocycles. The van der Waals surface area contributed by atoms with E-state index in [1.807, 2.05) is 109 Å². The van der Waals surface area contributed by atoms with Gasteiger partial charge in [-0.1, -0.05) is 98.8 Å². The summed E-state index contributed by atoms with van der Waals surface area (Å²) in [5.41, 5.74) is 4.42. The van der Waals surface area contributed by atoms with E-state index >= 15 is 0 Å². The lowest BCUT2D eigenvalue weighted by Gasteiger charge is -2.39. The van der Waals surface area contributed by atoms with E-state index in [1.165, 1.54) is 0 Å². The number of rotatable bonds is 5. The average molecular weight is 529 g/mol. The van der Waals surface area contributed by atoms with Crippen LogP contribution in [0, 0.1) is 11.3 Å². The number of ether oxygens (including phenoxy) is 1. The molecule has 200 valence electrons. The highest BCUT2D eigenvalue weighted by molar-refractivity contribution is 6.10. The van der Waals surface area contributed by atoms with E-state index in [0.717, 1.165) is 28.2 Å². The number of nitrogens with one attached hydrogen (secondary N) is 1. The standard InChI is InChI=1S/C35H32N2O3/c1-35(2)21-28-32(30(38)22-35)33(26-17-9-12-20-31(26)40-23-24-13-5-3-6-14-24)37(29-19-11-10-18-27(29)36-28)34(39)25-15-7-4-8-16-25/h3-21,32-33,36H,22-23H2,1-2H3/t32-,33+/m0/s1. The second-order valence-corrected chi connectivity index (χ2v) is 11.1. The fourth-order valence-electron chi connectivity index (χ4n) is 5.86. The number of hydrogen-bond acceptors (Lipinski definition) is 4. The fraction of sp³-hybridized carbons (Fsp3) is 0.200. The smallest absolute Gasteiger partial charge is 0.258 e. The van der Waals surface area contributed by atoms with Crippen LogP contribution in [-0.4, -0.2) is 11.7 Å². The van der Waals surface area contributed by atoms with E-state index in [2.05, 4.69) is 25.2 Å². The van der Waals surface area contributed by atoms with Crippen molar-refractivity contribution in [1.29, 1.82) is 0 Å². The van der Waals surface area contributed by atoms with E-state index in [0.29, 0.717) is 24.3 Å². The maximum absolute atomic E-state index is 14.4. The van der Waals surface area contributed by atoms with E-state index in [4.69, 9.17) is 4.74 Å². The van der Waals surface area contributed by atoms with E-state index in [9.17, 15) is 9.59 Å². The summed E-state index contributed by atoms with van der Waals surface area (Å²) in [5, 5.41) is 3.57. The Morgan fingerprint density at radius 2 is 1.52 bits per heavy atom. The van der Waals surface area contributed by atoms with Crippen LogP contribution < -0.4 is 15.0 Å². The molecule has 0 fully saturated rings. The van der Waals surface area contributed by atoms with Crippen LogP contribution in [0.4, 0.5) is 11.4 Å². The molecule has 1 heterocycles. The number of amides is 1. The molecule has 40 heavy (non-hydrogen) atoms. The Kier molecular flexibility index (Phi) is 6.72. The zero-order chi connectivity index (χ0) is 27.7. The van der Waals surface area contributed by atoms with Gasteiger partial charge in [0.1, 0.15) is 18.1 Å². The number of ketones is 1. The number of nitrogens with zero attached hydrogens (tertiary/aromatic N) is 1. The number of carbonyl (C=O) groups excluding carboxylic acids is 2. The Morgan fingerprint density at radius 1 is 0.875 bits per heavy atom. The van der Waals surface area contributed by atoms with Gasteiger partial charge >= 0.3 is 0 Å². The minimum absolute atomic E-state index is 0.0940. The minimum Gasteiger partial charge on any atom is -0.489 e. The molecule has 1 aliphatic heterocycles. The number of Topliss-reactive ketones (excluding diaryl/α,β-unsaturated/α-hetero) is 1. The van der Waals surface area contributed by atoms with Crippen molar-refractivity contribution >= 4 is 23.1 Å². The van der Waals surface area contributed by atoms with Crippen LogP contribution in [0.5, 0.6) is 5.75 Å². The highest BCUT2D eigenvalue weighted by atomic mass is 16.5. The van der Waals surface area contributed by atoms with Gasteiger partial charge in [-0.2, -0.15) is 0 Å². The number of allylic oxidation sites excluding steroid dienone is 1.